The van der Waals surface area contributed by atoms with E-state index in [-0.39, 0.29) is 0 Å². The highest BCUT2D eigenvalue weighted by atomic mass is 35.5. The number of nitrogens with one attached hydrogen (secondary N) is 1. The lowest BCUT2D eigenvalue weighted by atomic mass is 9.98. The normalized spacial score (nSPS) is 24.3. The summed E-state index contributed by atoms with van der Waals surface area (Å²) in [6.45, 7) is 3.44. The molecule has 0 saturated carbocycles. The topological polar surface area (TPSA) is 18.5 Å². The van der Waals surface area contributed by atoms with Crippen molar-refractivity contribution in [1.82, 2.24) is 4.90 Å². The van der Waals surface area contributed by atoms with E-state index in [9.17, 15) is 0 Å². The van der Waals surface area contributed by atoms with Gasteiger partial charge in [0.2, 0.25) is 0 Å². The van der Waals surface area contributed by atoms with Gasteiger partial charge in [0.1, 0.15) is 0 Å². The molecule has 2 atom stereocenters. The quantitative estimate of drug-likeness (QED) is 0.917. The molecule has 4 heteroatoms. The first-order valence-corrected chi connectivity index (χ1v) is 7.29. The second-order valence-electron chi connectivity index (χ2n) is 5.76. The standard InChI is InChI=1S/C15H24ClN3/c1-11-9-13(7-8-19(11)4)17-12-5-6-15(18(2)3)14(16)10-12/h5-6,10-11,13,17H,7-9H2,1-4H3. The third-order valence-corrected chi connectivity index (χ3v) is 4.31. The van der Waals surface area contributed by atoms with E-state index >= 15 is 0 Å². The van der Waals surface area contributed by atoms with Crippen molar-refractivity contribution in [3.8, 4) is 0 Å². The van der Waals surface area contributed by atoms with Crippen molar-refractivity contribution in [3.63, 3.8) is 0 Å². The molecule has 1 aliphatic heterocycles. The molecule has 0 aromatic heterocycles. The molecular formula is C15H24ClN3. The molecule has 0 amide bonds. The Hall–Kier alpha value is -0.930. The smallest absolute Gasteiger partial charge is 0.0659 e. The Kier molecular flexibility index (Phi) is 4.58. The minimum absolute atomic E-state index is 0.549. The van der Waals surface area contributed by atoms with Crippen molar-refractivity contribution < 1.29 is 0 Å². The van der Waals surface area contributed by atoms with Crippen LogP contribution in [0, 0.1) is 0 Å². The fourth-order valence-corrected chi connectivity index (χ4v) is 2.97. The molecule has 2 rings (SSSR count). The van der Waals surface area contributed by atoms with Crippen molar-refractivity contribution >= 4 is 23.0 Å². The number of likely N-dealkylation sites (tertiary alicyclic amines) is 1. The Morgan fingerprint density at radius 3 is 2.68 bits per heavy atom. The Balaban J connectivity index is 2.02. The van der Waals surface area contributed by atoms with Gasteiger partial charge >= 0.3 is 0 Å². The number of rotatable bonds is 3. The van der Waals surface area contributed by atoms with Crippen LogP contribution in [0.5, 0.6) is 0 Å². The summed E-state index contributed by atoms with van der Waals surface area (Å²) in [7, 11) is 6.21. The number of nitrogens with zero attached hydrogens (tertiary/aromatic N) is 2. The molecule has 0 bridgehead atoms. The van der Waals surface area contributed by atoms with Gasteiger partial charge in [0, 0.05) is 38.4 Å². The zero-order valence-electron chi connectivity index (χ0n) is 12.3. The summed E-state index contributed by atoms with van der Waals surface area (Å²) in [5.41, 5.74) is 2.18. The maximum Gasteiger partial charge on any atom is 0.0659 e. The lowest BCUT2D eigenvalue weighted by Crippen LogP contribution is -2.42. The molecule has 106 valence electrons. The molecule has 1 saturated heterocycles. The number of benzene rings is 1. The molecule has 2 unspecified atom stereocenters. The fraction of sp³-hybridized carbons (Fsp3) is 0.600. The number of hydrogen-bond donors (Lipinski definition) is 1. The summed E-state index contributed by atoms with van der Waals surface area (Å²) in [5, 5.41) is 4.41. The first-order valence-electron chi connectivity index (χ1n) is 6.91. The van der Waals surface area contributed by atoms with E-state index < -0.39 is 0 Å². The minimum atomic E-state index is 0.549. The molecule has 0 spiro atoms. The van der Waals surface area contributed by atoms with Gasteiger partial charge in [-0.3, -0.25) is 0 Å². The number of piperidine rings is 1. The van der Waals surface area contributed by atoms with Gasteiger partial charge in [0.25, 0.3) is 0 Å². The largest absolute Gasteiger partial charge is 0.382 e. The monoisotopic (exact) mass is 281 g/mol. The van der Waals surface area contributed by atoms with Gasteiger partial charge in [-0.15, -0.1) is 0 Å². The summed E-state index contributed by atoms with van der Waals surface area (Å²) in [6.07, 6.45) is 2.37. The average molecular weight is 282 g/mol. The Morgan fingerprint density at radius 2 is 2.11 bits per heavy atom. The lowest BCUT2D eigenvalue weighted by Gasteiger charge is -2.35. The molecule has 0 radical (unpaired) electrons. The summed E-state index contributed by atoms with van der Waals surface area (Å²) < 4.78 is 0. The second kappa shape index (κ2) is 6.02. The average Bonchev–Trinajstić information content (AvgIpc) is 2.33. The predicted molar refractivity (Wildman–Crippen MR) is 84.5 cm³/mol. The lowest BCUT2D eigenvalue weighted by molar-refractivity contribution is 0.190. The molecule has 1 aliphatic rings. The molecule has 0 aliphatic carbocycles. The molecular weight excluding hydrogens is 258 g/mol. The maximum atomic E-state index is 6.30. The Labute approximate surface area is 121 Å². The number of anilines is 2. The molecule has 19 heavy (non-hydrogen) atoms. The number of halogens is 1. The molecule has 1 fully saturated rings. The van der Waals surface area contributed by atoms with Crippen LogP contribution in [-0.2, 0) is 0 Å². The summed E-state index contributed by atoms with van der Waals surface area (Å²) in [4.78, 5) is 4.45. The number of hydrogen-bond acceptors (Lipinski definition) is 3. The van der Waals surface area contributed by atoms with Gasteiger partial charge in [-0.2, -0.15) is 0 Å². The van der Waals surface area contributed by atoms with E-state index in [4.69, 9.17) is 11.6 Å². The Bertz CT molecular complexity index is 433. The van der Waals surface area contributed by atoms with Gasteiger partial charge < -0.3 is 15.1 Å². The summed E-state index contributed by atoms with van der Waals surface area (Å²) >= 11 is 6.30. The van der Waals surface area contributed by atoms with E-state index in [2.05, 4.69) is 36.3 Å². The van der Waals surface area contributed by atoms with Crippen LogP contribution in [0.4, 0.5) is 11.4 Å². The zero-order chi connectivity index (χ0) is 14.0. The van der Waals surface area contributed by atoms with Crippen LogP contribution in [0.1, 0.15) is 19.8 Å². The van der Waals surface area contributed by atoms with Crippen LogP contribution in [-0.4, -0.2) is 44.7 Å². The first kappa shape index (κ1) is 14.5. The van der Waals surface area contributed by atoms with Crippen LogP contribution < -0.4 is 10.2 Å². The highest BCUT2D eigenvalue weighted by Crippen LogP contribution is 2.28. The molecule has 3 nitrogen and oxygen atoms in total. The SMILES string of the molecule is CC1CC(Nc2ccc(N(C)C)c(Cl)c2)CCN1C. The van der Waals surface area contributed by atoms with Gasteiger partial charge in [-0.25, -0.2) is 0 Å². The second-order valence-corrected chi connectivity index (χ2v) is 6.16. The predicted octanol–water partition coefficient (Wildman–Crippen LogP) is 3.30. The summed E-state index contributed by atoms with van der Waals surface area (Å²) in [6, 6.07) is 7.41. The van der Waals surface area contributed by atoms with Crippen LogP contribution in [0.2, 0.25) is 5.02 Å². The van der Waals surface area contributed by atoms with Crippen molar-refractivity contribution in [3.05, 3.63) is 23.2 Å². The fourth-order valence-electron chi connectivity index (χ4n) is 2.62. The van der Waals surface area contributed by atoms with Crippen LogP contribution >= 0.6 is 11.6 Å². The van der Waals surface area contributed by atoms with Gasteiger partial charge in [-0.05, 0) is 45.0 Å². The third-order valence-electron chi connectivity index (χ3n) is 4.01. The van der Waals surface area contributed by atoms with E-state index in [0.29, 0.717) is 12.1 Å². The van der Waals surface area contributed by atoms with Gasteiger partial charge in [0.15, 0.2) is 0 Å². The Morgan fingerprint density at radius 1 is 1.37 bits per heavy atom. The molecule has 1 aromatic rings. The first-order chi connectivity index (χ1) is 8.97. The van der Waals surface area contributed by atoms with Crippen molar-refractivity contribution in [1.29, 1.82) is 0 Å². The van der Waals surface area contributed by atoms with Gasteiger partial charge in [0.05, 0.1) is 10.7 Å². The van der Waals surface area contributed by atoms with Crippen LogP contribution in [0.15, 0.2) is 18.2 Å². The zero-order valence-corrected chi connectivity index (χ0v) is 13.0. The van der Waals surface area contributed by atoms with E-state index in [0.717, 1.165) is 22.9 Å². The van der Waals surface area contributed by atoms with E-state index in [1.54, 1.807) is 0 Å². The maximum absolute atomic E-state index is 6.30. The van der Waals surface area contributed by atoms with Gasteiger partial charge in [-0.1, -0.05) is 11.6 Å². The van der Waals surface area contributed by atoms with E-state index in [1.807, 2.05) is 25.1 Å². The van der Waals surface area contributed by atoms with Crippen LogP contribution in [0.3, 0.4) is 0 Å². The molecule has 1 aromatic carbocycles. The van der Waals surface area contributed by atoms with Crippen molar-refractivity contribution in [2.75, 3.05) is 37.9 Å². The van der Waals surface area contributed by atoms with Crippen molar-refractivity contribution in [2.45, 2.75) is 31.8 Å². The highest BCUT2D eigenvalue weighted by molar-refractivity contribution is 6.33. The highest BCUT2D eigenvalue weighted by Gasteiger charge is 2.22. The molecule has 1 heterocycles. The van der Waals surface area contributed by atoms with Crippen LogP contribution in [0.25, 0.3) is 0 Å². The minimum Gasteiger partial charge on any atom is -0.382 e. The van der Waals surface area contributed by atoms with Crippen molar-refractivity contribution in [2.24, 2.45) is 0 Å². The summed E-state index contributed by atoms with van der Waals surface area (Å²) in [5.74, 6) is 0. The molecule has 1 N–H and O–H groups in total. The van der Waals surface area contributed by atoms with E-state index in [1.165, 1.54) is 12.8 Å². The third kappa shape index (κ3) is 3.54.